The van der Waals surface area contributed by atoms with E-state index in [-0.39, 0.29) is 22.0 Å². The van der Waals surface area contributed by atoms with Gasteiger partial charge in [0.15, 0.2) is 16.0 Å². The van der Waals surface area contributed by atoms with Gasteiger partial charge in [-0.3, -0.25) is 9.52 Å². The molecule has 1 amide bonds. The van der Waals surface area contributed by atoms with Crippen LogP contribution in [0.15, 0.2) is 58.2 Å². The van der Waals surface area contributed by atoms with E-state index in [9.17, 15) is 9.00 Å². The molecule has 0 aromatic carbocycles. The molecule has 1 aliphatic heterocycles. The van der Waals surface area contributed by atoms with Crippen LogP contribution in [0, 0.1) is 5.92 Å². The smallest absolute Gasteiger partial charge is 0.267 e. The van der Waals surface area contributed by atoms with Gasteiger partial charge in [0, 0.05) is 23.2 Å². The summed E-state index contributed by atoms with van der Waals surface area (Å²) in [5.41, 5.74) is 1.85. The number of halogens is 1. The van der Waals surface area contributed by atoms with Gasteiger partial charge >= 0.3 is 0 Å². The second kappa shape index (κ2) is 11.9. The van der Waals surface area contributed by atoms with E-state index in [1.165, 1.54) is 0 Å². The van der Waals surface area contributed by atoms with Crippen molar-refractivity contribution < 1.29 is 9.00 Å². The van der Waals surface area contributed by atoms with Gasteiger partial charge in [-0.15, -0.1) is 0 Å². The van der Waals surface area contributed by atoms with Crippen molar-refractivity contribution in [1.29, 1.82) is 0 Å². The Kier molecular flexibility index (Phi) is 8.99. The first-order chi connectivity index (χ1) is 18.8. The highest BCUT2D eigenvalue weighted by Gasteiger charge is 2.39. The van der Waals surface area contributed by atoms with Crippen LogP contribution in [-0.2, 0) is 16.4 Å². The van der Waals surface area contributed by atoms with Gasteiger partial charge in [0.1, 0.15) is 16.2 Å². The van der Waals surface area contributed by atoms with E-state index in [0.717, 1.165) is 35.4 Å². The van der Waals surface area contributed by atoms with Crippen molar-refractivity contribution >= 4 is 44.5 Å². The zero-order valence-corrected chi connectivity index (χ0v) is 26.7. The lowest BCUT2D eigenvalue weighted by atomic mass is 9.91. The van der Waals surface area contributed by atoms with Crippen molar-refractivity contribution in [3.63, 3.8) is 0 Å². The van der Waals surface area contributed by atoms with Crippen molar-refractivity contribution in [2.75, 3.05) is 16.8 Å². The molecule has 4 rings (SSSR count). The van der Waals surface area contributed by atoms with Crippen molar-refractivity contribution in [2.24, 2.45) is 5.92 Å². The summed E-state index contributed by atoms with van der Waals surface area (Å²) in [6.45, 7) is 15.7. The molecule has 4 heterocycles. The molecule has 0 bridgehead atoms. The monoisotopic (exact) mass is 626 g/mol. The molecule has 2 N–H and O–H groups in total. The van der Waals surface area contributed by atoms with E-state index in [2.05, 4.69) is 89.3 Å². The van der Waals surface area contributed by atoms with Crippen LogP contribution in [0.3, 0.4) is 0 Å². The lowest BCUT2D eigenvalue weighted by Gasteiger charge is -2.34. The second-order valence-electron chi connectivity index (χ2n) is 12.1. The lowest BCUT2D eigenvalue weighted by Crippen LogP contribution is -2.41. The number of pyridine rings is 3. The lowest BCUT2D eigenvalue weighted by molar-refractivity contribution is 0.0982. The Hall–Kier alpha value is -2.85. The van der Waals surface area contributed by atoms with Crippen molar-refractivity contribution in [3.05, 3.63) is 70.1 Å². The van der Waals surface area contributed by atoms with E-state index in [1.54, 1.807) is 18.2 Å². The molecule has 40 heavy (non-hydrogen) atoms. The molecule has 214 valence electrons. The molecule has 1 saturated heterocycles. The minimum atomic E-state index is -1.87. The van der Waals surface area contributed by atoms with Crippen LogP contribution in [0.5, 0.6) is 0 Å². The minimum Gasteiger partial charge on any atom is -0.362 e. The van der Waals surface area contributed by atoms with E-state index in [4.69, 9.17) is 4.98 Å². The summed E-state index contributed by atoms with van der Waals surface area (Å²) >= 11 is 3.42. The molecule has 0 radical (unpaired) electrons. The number of nitrogens with zero attached hydrogens (tertiary/aromatic N) is 4. The highest BCUT2D eigenvalue weighted by Crippen LogP contribution is 2.38. The summed E-state index contributed by atoms with van der Waals surface area (Å²) in [7, 11) is -1.87. The van der Waals surface area contributed by atoms with Gasteiger partial charge in [0.05, 0.1) is 17.3 Å². The van der Waals surface area contributed by atoms with Crippen molar-refractivity contribution in [3.8, 4) is 0 Å². The molecule has 3 unspecified atom stereocenters. The number of nitrogens with one attached hydrogen (secondary N) is 2. The maximum absolute atomic E-state index is 13.6. The Morgan fingerprint density at radius 3 is 2.48 bits per heavy atom. The summed E-state index contributed by atoms with van der Waals surface area (Å²) in [6, 6.07) is 14.6. The van der Waals surface area contributed by atoms with Gasteiger partial charge in [-0.2, -0.15) is 0 Å². The molecule has 10 heteroatoms. The zero-order valence-electron chi connectivity index (χ0n) is 24.3. The Labute approximate surface area is 248 Å². The summed E-state index contributed by atoms with van der Waals surface area (Å²) in [5.74, 6) is 1.21. The normalized spacial score (nSPS) is 18.3. The Morgan fingerprint density at radius 2 is 1.85 bits per heavy atom. The molecule has 1 aliphatic rings. The van der Waals surface area contributed by atoms with E-state index < -0.39 is 16.9 Å². The van der Waals surface area contributed by atoms with Crippen LogP contribution >= 0.6 is 15.9 Å². The molecule has 3 aromatic heterocycles. The van der Waals surface area contributed by atoms with E-state index in [0.29, 0.717) is 23.1 Å². The van der Waals surface area contributed by atoms with Crippen molar-refractivity contribution in [2.45, 2.75) is 83.3 Å². The zero-order chi connectivity index (χ0) is 29.2. The third kappa shape index (κ3) is 6.89. The molecule has 1 fully saturated rings. The minimum absolute atomic E-state index is 0.0792. The Bertz CT molecular complexity index is 1410. The first-order valence-corrected chi connectivity index (χ1v) is 15.6. The molecule has 0 saturated carbocycles. The Balaban J connectivity index is 1.58. The number of anilines is 2. The highest BCUT2D eigenvalue weighted by atomic mass is 79.9. The van der Waals surface area contributed by atoms with Crippen LogP contribution < -0.4 is 14.9 Å². The topological polar surface area (TPSA) is 100 Å². The molecule has 0 aliphatic carbocycles. The second-order valence-corrected chi connectivity index (χ2v) is 14.1. The first kappa shape index (κ1) is 30.1. The standard InChI is InChI=1S/C30H39BrN6O2S/c1-8-21(22-11-9-12-24(31)32-22)33-25-13-10-14-26(35-25)40(39)36-28(38)20-15-16-23(29(3,4)5)34-27(20)37-18-19(2)17-30(37,6)7/h9-16,19,21H,8,17-18H2,1-7H3,(H,33,35)(H,36,38). The Morgan fingerprint density at radius 1 is 1.12 bits per heavy atom. The average Bonchev–Trinajstić information content (AvgIpc) is 3.17. The maximum atomic E-state index is 13.6. The highest BCUT2D eigenvalue weighted by molar-refractivity contribution is 9.10. The largest absolute Gasteiger partial charge is 0.362 e. The fourth-order valence-corrected chi connectivity index (χ4v) is 6.30. The van der Waals surface area contributed by atoms with Gasteiger partial charge in [-0.05, 0) is 84.9 Å². The predicted octanol–water partition coefficient (Wildman–Crippen LogP) is 6.57. The van der Waals surface area contributed by atoms with Crippen molar-refractivity contribution in [1.82, 2.24) is 19.7 Å². The number of rotatable bonds is 8. The molecular weight excluding hydrogens is 588 g/mol. The SMILES string of the molecule is CCC(Nc1cccc(S(=O)NC(=O)c2ccc(C(C)(C)C)nc2N2CC(C)CC2(C)C)n1)c1cccc(Br)n1. The van der Waals surface area contributed by atoms with Gasteiger partial charge in [-0.1, -0.05) is 46.8 Å². The summed E-state index contributed by atoms with van der Waals surface area (Å²) in [6.07, 6.45) is 1.78. The number of amides is 1. The average molecular weight is 628 g/mol. The maximum Gasteiger partial charge on any atom is 0.267 e. The molecule has 3 aromatic rings. The first-order valence-electron chi connectivity index (χ1n) is 13.7. The number of hydrogen-bond donors (Lipinski definition) is 2. The van der Waals surface area contributed by atoms with Crippen LogP contribution in [0.2, 0.25) is 0 Å². The van der Waals surface area contributed by atoms with Crippen LogP contribution in [0.25, 0.3) is 0 Å². The quantitative estimate of drug-likeness (QED) is 0.273. The van der Waals surface area contributed by atoms with E-state index >= 15 is 0 Å². The fraction of sp³-hybridized carbons (Fsp3) is 0.467. The molecule has 8 nitrogen and oxygen atoms in total. The van der Waals surface area contributed by atoms with Crippen LogP contribution in [0.1, 0.15) is 89.1 Å². The third-order valence-corrected chi connectivity index (χ3v) is 8.56. The van der Waals surface area contributed by atoms with Gasteiger partial charge in [-0.25, -0.2) is 19.2 Å². The summed E-state index contributed by atoms with van der Waals surface area (Å²) in [4.78, 5) is 29.8. The van der Waals surface area contributed by atoms with Crippen LogP contribution in [0.4, 0.5) is 11.6 Å². The number of hydrogen-bond acceptors (Lipinski definition) is 7. The van der Waals surface area contributed by atoms with Gasteiger partial charge in [0.25, 0.3) is 5.91 Å². The van der Waals surface area contributed by atoms with E-state index in [1.807, 2.05) is 30.3 Å². The molecule has 3 atom stereocenters. The third-order valence-electron chi connectivity index (χ3n) is 7.14. The van der Waals surface area contributed by atoms with Gasteiger partial charge in [0.2, 0.25) is 0 Å². The summed E-state index contributed by atoms with van der Waals surface area (Å²) < 4.78 is 16.7. The predicted molar refractivity (Wildman–Crippen MR) is 165 cm³/mol. The number of carbonyl (C=O) groups excluding carboxylic acids is 1. The fourth-order valence-electron chi connectivity index (χ4n) is 5.18. The number of carbonyl (C=O) groups is 1. The van der Waals surface area contributed by atoms with Gasteiger partial charge < -0.3 is 10.2 Å². The number of aromatic nitrogens is 3. The van der Waals surface area contributed by atoms with Crippen LogP contribution in [-0.4, -0.2) is 37.2 Å². The molecule has 0 spiro atoms. The molecular formula is C30H39BrN6O2S. The summed E-state index contributed by atoms with van der Waals surface area (Å²) in [5, 5.41) is 3.63.